The summed E-state index contributed by atoms with van der Waals surface area (Å²) in [5.41, 5.74) is 0.377. The quantitative estimate of drug-likeness (QED) is 0.813. The van der Waals surface area contributed by atoms with Crippen LogP contribution < -0.4 is 5.32 Å². The van der Waals surface area contributed by atoms with Crippen LogP contribution in [0, 0.1) is 11.3 Å². The highest BCUT2D eigenvalue weighted by atomic mass is 15.2. The van der Waals surface area contributed by atoms with Gasteiger partial charge in [-0.25, -0.2) is 0 Å². The molecular weight excluding hydrogens is 208 g/mol. The molecule has 1 N–H and O–H groups in total. The van der Waals surface area contributed by atoms with Crippen LogP contribution in [0.25, 0.3) is 0 Å². The molecule has 2 nitrogen and oxygen atoms in total. The van der Waals surface area contributed by atoms with Crippen molar-refractivity contribution in [3.63, 3.8) is 0 Å². The van der Waals surface area contributed by atoms with Gasteiger partial charge in [0.15, 0.2) is 0 Å². The topological polar surface area (TPSA) is 15.3 Å². The van der Waals surface area contributed by atoms with Crippen LogP contribution in [0.5, 0.6) is 0 Å². The molecule has 0 aromatic rings. The second-order valence-corrected chi connectivity index (χ2v) is 7.24. The summed E-state index contributed by atoms with van der Waals surface area (Å²) in [4.78, 5) is 2.73. The maximum Gasteiger partial charge on any atom is 0.0243 e. The molecule has 0 aromatic heterocycles. The maximum atomic E-state index is 3.74. The van der Waals surface area contributed by atoms with Gasteiger partial charge in [0.05, 0.1) is 0 Å². The van der Waals surface area contributed by atoms with Crippen molar-refractivity contribution in [3.05, 3.63) is 0 Å². The molecule has 2 rings (SSSR count). The van der Waals surface area contributed by atoms with Crippen molar-refractivity contribution >= 4 is 0 Å². The van der Waals surface area contributed by atoms with E-state index in [1.165, 1.54) is 45.3 Å². The van der Waals surface area contributed by atoms with Gasteiger partial charge in [0.25, 0.3) is 0 Å². The fourth-order valence-corrected chi connectivity index (χ4v) is 2.77. The van der Waals surface area contributed by atoms with Gasteiger partial charge < -0.3 is 5.32 Å². The molecule has 100 valence electrons. The number of nitrogens with zero attached hydrogens (tertiary/aromatic N) is 1. The van der Waals surface area contributed by atoms with Crippen LogP contribution >= 0.6 is 0 Å². The van der Waals surface area contributed by atoms with E-state index in [-0.39, 0.29) is 0 Å². The van der Waals surface area contributed by atoms with E-state index in [4.69, 9.17) is 0 Å². The van der Waals surface area contributed by atoms with E-state index in [0.717, 1.165) is 12.0 Å². The Morgan fingerprint density at radius 2 is 1.88 bits per heavy atom. The molecule has 2 heteroatoms. The highest BCUT2D eigenvalue weighted by molar-refractivity contribution is 4.88. The lowest BCUT2D eigenvalue weighted by Crippen LogP contribution is -2.47. The summed E-state index contributed by atoms with van der Waals surface area (Å²) in [5, 5.41) is 3.74. The number of rotatable bonds is 3. The van der Waals surface area contributed by atoms with Crippen LogP contribution in [0.15, 0.2) is 0 Å². The Labute approximate surface area is 107 Å². The molecule has 2 atom stereocenters. The van der Waals surface area contributed by atoms with Gasteiger partial charge in [-0.15, -0.1) is 0 Å². The second kappa shape index (κ2) is 5.27. The summed E-state index contributed by atoms with van der Waals surface area (Å²) in [6, 6.07) is 1.40. The summed E-state index contributed by atoms with van der Waals surface area (Å²) < 4.78 is 0. The lowest BCUT2D eigenvalue weighted by atomic mass is 9.86. The first-order chi connectivity index (χ1) is 7.97. The van der Waals surface area contributed by atoms with Crippen molar-refractivity contribution in [2.24, 2.45) is 11.3 Å². The molecule has 2 fully saturated rings. The van der Waals surface area contributed by atoms with Crippen molar-refractivity contribution in [2.75, 3.05) is 19.6 Å². The van der Waals surface area contributed by atoms with E-state index in [2.05, 4.69) is 37.9 Å². The molecule has 1 aliphatic heterocycles. The summed E-state index contributed by atoms with van der Waals surface area (Å²) in [6.45, 7) is 13.2. The van der Waals surface area contributed by atoms with Crippen molar-refractivity contribution in [3.8, 4) is 0 Å². The van der Waals surface area contributed by atoms with E-state index in [1.54, 1.807) is 0 Å². The first kappa shape index (κ1) is 13.4. The standard InChI is InChI=1S/C15H30N2/c1-12-7-9-16-14(15(2,3)4)11-17(12)10-8-13-5-6-13/h12-14,16H,5-11H2,1-4H3. The summed E-state index contributed by atoms with van der Waals surface area (Å²) >= 11 is 0. The molecule has 0 bridgehead atoms. The molecule has 0 amide bonds. The molecule has 0 spiro atoms. The van der Waals surface area contributed by atoms with Gasteiger partial charge in [-0.3, -0.25) is 4.90 Å². The average Bonchev–Trinajstić information content (AvgIpc) is 3.01. The molecular formula is C15H30N2. The smallest absolute Gasteiger partial charge is 0.0243 e. The minimum atomic E-state index is 0.377. The molecule has 17 heavy (non-hydrogen) atoms. The van der Waals surface area contributed by atoms with Crippen LogP contribution in [-0.2, 0) is 0 Å². The first-order valence-corrected chi connectivity index (χ1v) is 7.44. The third-order valence-electron chi connectivity index (χ3n) is 4.56. The first-order valence-electron chi connectivity index (χ1n) is 7.44. The van der Waals surface area contributed by atoms with Crippen molar-refractivity contribution in [2.45, 2.75) is 65.5 Å². The van der Waals surface area contributed by atoms with E-state index in [9.17, 15) is 0 Å². The third kappa shape index (κ3) is 3.96. The zero-order valence-corrected chi connectivity index (χ0v) is 12.1. The van der Waals surface area contributed by atoms with Gasteiger partial charge in [0, 0.05) is 18.6 Å². The van der Waals surface area contributed by atoms with Crippen LogP contribution in [-0.4, -0.2) is 36.6 Å². The molecule has 2 aliphatic rings. The summed E-state index contributed by atoms with van der Waals surface area (Å²) in [7, 11) is 0. The normalized spacial score (nSPS) is 32.5. The Bertz CT molecular complexity index is 240. The largest absolute Gasteiger partial charge is 0.312 e. The Morgan fingerprint density at radius 3 is 2.47 bits per heavy atom. The lowest BCUT2D eigenvalue weighted by Gasteiger charge is -2.35. The highest BCUT2D eigenvalue weighted by Crippen LogP contribution is 2.33. The molecule has 1 saturated heterocycles. The van der Waals surface area contributed by atoms with Crippen molar-refractivity contribution < 1.29 is 0 Å². The SMILES string of the molecule is CC1CCNC(C(C)(C)C)CN1CCC1CC1. The van der Waals surface area contributed by atoms with Crippen molar-refractivity contribution in [1.29, 1.82) is 0 Å². The minimum absolute atomic E-state index is 0.377. The van der Waals surface area contributed by atoms with Crippen LogP contribution in [0.3, 0.4) is 0 Å². The Morgan fingerprint density at radius 1 is 1.18 bits per heavy atom. The highest BCUT2D eigenvalue weighted by Gasteiger charge is 2.31. The minimum Gasteiger partial charge on any atom is -0.312 e. The Balaban J connectivity index is 1.90. The molecule has 1 heterocycles. The Kier molecular flexibility index (Phi) is 4.14. The molecule has 0 radical (unpaired) electrons. The van der Waals surface area contributed by atoms with Crippen LogP contribution in [0.4, 0.5) is 0 Å². The van der Waals surface area contributed by atoms with Gasteiger partial charge >= 0.3 is 0 Å². The molecule has 0 aromatic carbocycles. The molecule has 1 saturated carbocycles. The monoisotopic (exact) mass is 238 g/mol. The lowest BCUT2D eigenvalue weighted by molar-refractivity contribution is 0.160. The number of hydrogen-bond acceptors (Lipinski definition) is 2. The number of nitrogens with one attached hydrogen (secondary N) is 1. The predicted octanol–water partition coefficient (Wildman–Crippen LogP) is 2.89. The third-order valence-corrected chi connectivity index (χ3v) is 4.56. The molecule has 2 unspecified atom stereocenters. The number of hydrogen-bond donors (Lipinski definition) is 1. The Hall–Kier alpha value is -0.0800. The second-order valence-electron chi connectivity index (χ2n) is 7.24. The fourth-order valence-electron chi connectivity index (χ4n) is 2.77. The fraction of sp³-hybridized carbons (Fsp3) is 1.00. The van der Waals surface area contributed by atoms with Crippen molar-refractivity contribution in [1.82, 2.24) is 10.2 Å². The van der Waals surface area contributed by atoms with E-state index < -0.39 is 0 Å². The van der Waals surface area contributed by atoms with Gasteiger partial charge in [0.1, 0.15) is 0 Å². The van der Waals surface area contributed by atoms with Crippen LogP contribution in [0.1, 0.15) is 53.4 Å². The van der Waals surface area contributed by atoms with Gasteiger partial charge in [0.2, 0.25) is 0 Å². The van der Waals surface area contributed by atoms with Crippen LogP contribution in [0.2, 0.25) is 0 Å². The zero-order valence-electron chi connectivity index (χ0n) is 12.1. The molecule has 1 aliphatic carbocycles. The van der Waals surface area contributed by atoms with E-state index >= 15 is 0 Å². The van der Waals surface area contributed by atoms with E-state index in [1.807, 2.05) is 0 Å². The van der Waals surface area contributed by atoms with Gasteiger partial charge in [-0.1, -0.05) is 33.6 Å². The predicted molar refractivity (Wildman–Crippen MR) is 74.2 cm³/mol. The maximum absolute atomic E-state index is 3.74. The van der Waals surface area contributed by atoms with Gasteiger partial charge in [-0.05, 0) is 44.2 Å². The van der Waals surface area contributed by atoms with E-state index in [0.29, 0.717) is 11.5 Å². The average molecular weight is 238 g/mol. The zero-order chi connectivity index (χ0) is 12.5. The summed E-state index contributed by atoms with van der Waals surface area (Å²) in [5.74, 6) is 1.06. The summed E-state index contributed by atoms with van der Waals surface area (Å²) in [6.07, 6.45) is 5.71. The van der Waals surface area contributed by atoms with Gasteiger partial charge in [-0.2, -0.15) is 0 Å².